The molecule has 2 aromatic heterocycles. The predicted octanol–water partition coefficient (Wildman–Crippen LogP) is 1.28. The van der Waals surface area contributed by atoms with Crippen LogP contribution in [0.15, 0.2) is 15.9 Å². The molecule has 0 amide bonds. The van der Waals surface area contributed by atoms with Crippen LogP contribution in [0.2, 0.25) is 0 Å². The van der Waals surface area contributed by atoms with Crippen molar-refractivity contribution in [1.82, 2.24) is 20.2 Å². The number of hydrogen-bond donors (Lipinski definition) is 1. The molecule has 2 rings (SSSR count). The molecule has 15 heavy (non-hydrogen) atoms. The second-order valence-electron chi connectivity index (χ2n) is 3.17. The number of aromatic nitrogens is 4. The average Bonchev–Trinajstić information content (AvgIpc) is 2.75. The molecule has 0 saturated heterocycles. The third-order valence-electron chi connectivity index (χ3n) is 1.91. The van der Waals surface area contributed by atoms with Gasteiger partial charge in [-0.15, -0.1) is 21.5 Å². The molecule has 80 valence electrons. The summed E-state index contributed by atoms with van der Waals surface area (Å²) in [7, 11) is 1.74. The molecule has 0 aliphatic carbocycles. The van der Waals surface area contributed by atoms with Crippen molar-refractivity contribution in [2.75, 3.05) is 0 Å². The van der Waals surface area contributed by atoms with Crippen LogP contribution in [-0.2, 0) is 13.5 Å². The standard InChI is InChI=1S/C8H10BrN5S/c1-14-12-8(11-13-14)3-6(10)7-2-5(9)4-15-7/h2,4,6H,3,10H2,1H3. The van der Waals surface area contributed by atoms with Crippen molar-refractivity contribution in [2.24, 2.45) is 12.8 Å². The number of tetrazole rings is 1. The molecule has 7 heteroatoms. The van der Waals surface area contributed by atoms with E-state index in [9.17, 15) is 0 Å². The Labute approximate surface area is 99.4 Å². The summed E-state index contributed by atoms with van der Waals surface area (Å²) in [6.45, 7) is 0. The van der Waals surface area contributed by atoms with Gasteiger partial charge in [-0.25, -0.2) is 0 Å². The van der Waals surface area contributed by atoms with Crippen LogP contribution in [0.25, 0.3) is 0 Å². The van der Waals surface area contributed by atoms with Crippen molar-refractivity contribution in [2.45, 2.75) is 12.5 Å². The molecular formula is C8H10BrN5S. The molecule has 1 unspecified atom stereocenters. The van der Waals surface area contributed by atoms with Gasteiger partial charge in [0.15, 0.2) is 5.82 Å². The summed E-state index contributed by atoms with van der Waals surface area (Å²) in [6.07, 6.45) is 0.612. The van der Waals surface area contributed by atoms with E-state index >= 15 is 0 Å². The minimum absolute atomic E-state index is 0.0644. The van der Waals surface area contributed by atoms with E-state index in [2.05, 4.69) is 31.3 Å². The van der Waals surface area contributed by atoms with Gasteiger partial charge in [0.05, 0.1) is 7.05 Å². The zero-order chi connectivity index (χ0) is 10.8. The Kier molecular flexibility index (Phi) is 3.13. The van der Waals surface area contributed by atoms with Crippen molar-refractivity contribution in [3.8, 4) is 0 Å². The fourth-order valence-corrected chi connectivity index (χ4v) is 2.67. The van der Waals surface area contributed by atoms with E-state index in [1.165, 1.54) is 4.80 Å². The summed E-state index contributed by atoms with van der Waals surface area (Å²) >= 11 is 5.03. The zero-order valence-electron chi connectivity index (χ0n) is 8.09. The molecule has 0 spiro atoms. The average molecular weight is 288 g/mol. The Morgan fingerprint density at radius 3 is 3.00 bits per heavy atom. The highest BCUT2D eigenvalue weighted by atomic mass is 79.9. The summed E-state index contributed by atoms with van der Waals surface area (Å²) < 4.78 is 1.06. The number of nitrogens with two attached hydrogens (primary N) is 1. The van der Waals surface area contributed by atoms with E-state index in [1.54, 1.807) is 18.4 Å². The SMILES string of the molecule is Cn1nnc(CC(N)c2cc(Br)cs2)n1. The molecule has 0 saturated carbocycles. The number of rotatable bonds is 3. The van der Waals surface area contributed by atoms with Crippen LogP contribution in [0.4, 0.5) is 0 Å². The maximum absolute atomic E-state index is 6.02. The lowest BCUT2D eigenvalue weighted by Gasteiger charge is -2.04. The molecular weight excluding hydrogens is 278 g/mol. The quantitative estimate of drug-likeness (QED) is 0.923. The number of thiophene rings is 1. The Bertz CT molecular complexity index is 451. The summed E-state index contributed by atoms with van der Waals surface area (Å²) in [5.74, 6) is 0.675. The van der Waals surface area contributed by atoms with Gasteiger partial charge in [-0.1, -0.05) is 0 Å². The highest BCUT2D eigenvalue weighted by Crippen LogP contribution is 2.25. The Balaban J connectivity index is 2.06. The second-order valence-corrected chi connectivity index (χ2v) is 5.03. The molecule has 0 aromatic carbocycles. The Morgan fingerprint density at radius 1 is 1.67 bits per heavy atom. The third-order valence-corrected chi connectivity index (χ3v) is 3.73. The van der Waals surface area contributed by atoms with Gasteiger partial charge in [-0.05, 0) is 27.2 Å². The Hall–Kier alpha value is -0.790. The maximum atomic E-state index is 6.02. The molecule has 0 radical (unpaired) electrons. The second kappa shape index (κ2) is 4.38. The first-order valence-electron chi connectivity index (χ1n) is 4.37. The van der Waals surface area contributed by atoms with E-state index in [0.717, 1.165) is 9.35 Å². The van der Waals surface area contributed by atoms with Crippen LogP contribution in [0.1, 0.15) is 16.7 Å². The molecule has 0 aliphatic heterocycles. The summed E-state index contributed by atoms with van der Waals surface area (Å²) in [4.78, 5) is 2.56. The van der Waals surface area contributed by atoms with Crippen LogP contribution in [-0.4, -0.2) is 20.2 Å². The van der Waals surface area contributed by atoms with E-state index in [0.29, 0.717) is 12.2 Å². The molecule has 2 aromatic rings. The van der Waals surface area contributed by atoms with Crippen LogP contribution in [0, 0.1) is 0 Å². The first-order valence-corrected chi connectivity index (χ1v) is 6.05. The normalized spacial score (nSPS) is 13.0. The smallest absolute Gasteiger partial charge is 0.176 e. The first kappa shape index (κ1) is 10.7. The van der Waals surface area contributed by atoms with Crippen molar-refractivity contribution >= 4 is 27.3 Å². The van der Waals surface area contributed by atoms with E-state index in [-0.39, 0.29) is 6.04 Å². The molecule has 0 bridgehead atoms. The van der Waals surface area contributed by atoms with Crippen molar-refractivity contribution in [3.63, 3.8) is 0 Å². The van der Waals surface area contributed by atoms with E-state index in [1.807, 2.05) is 11.4 Å². The van der Waals surface area contributed by atoms with Crippen LogP contribution < -0.4 is 5.73 Å². The van der Waals surface area contributed by atoms with Gasteiger partial charge < -0.3 is 5.73 Å². The van der Waals surface area contributed by atoms with Crippen LogP contribution in [0.3, 0.4) is 0 Å². The highest BCUT2D eigenvalue weighted by Gasteiger charge is 2.12. The lowest BCUT2D eigenvalue weighted by Crippen LogP contribution is -2.12. The Morgan fingerprint density at radius 2 is 2.47 bits per heavy atom. The van der Waals surface area contributed by atoms with Crippen LogP contribution in [0.5, 0.6) is 0 Å². The summed E-state index contributed by atoms with van der Waals surface area (Å²) in [6, 6.07) is 1.96. The van der Waals surface area contributed by atoms with Gasteiger partial charge in [0.2, 0.25) is 0 Å². The van der Waals surface area contributed by atoms with Gasteiger partial charge in [0, 0.05) is 27.2 Å². The molecule has 2 heterocycles. The van der Waals surface area contributed by atoms with Crippen molar-refractivity contribution < 1.29 is 0 Å². The number of aryl methyl sites for hydroxylation is 1. The lowest BCUT2D eigenvalue weighted by molar-refractivity contribution is 0.623. The zero-order valence-corrected chi connectivity index (χ0v) is 10.5. The third kappa shape index (κ3) is 2.61. The van der Waals surface area contributed by atoms with Gasteiger partial charge in [-0.2, -0.15) is 4.80 Å². The van der Waals surface area contributed by atoms with Crippen molar-refractivity contribution in [1.29, 1.82) is 0 Å². The molecule has 0 aliphatic rings. The predicted molar refractivity (Wildman–Crippen MR) is 61.4 cm³/mol. The summed E-state index contributed by atoms with van der Waals surface area (Å²) in [5, 5.41) is 13.8. The van der Waals surface area contributed by atoms with E-state index < -0.39 is 0 Å². The minimum atomic E-state index is -0.0644. The molecule has 1 atom stereocenters. The van der Waals surface area contributed by atoms with Gasteiger partial charge in [0.1, 0.15) is 0 Å². The number of hydrogen-bond acceptors (Lipinski definition) is 5. The minimum Gasteiger partial charge on any atom is -0.323 e. The largest absolute Gasteiger partial charge is 0.323 e. The number of halogens is 1. The van der Waals surface area contributed by atoms with Gasteiger partial charge >= 0.3 is 0 Å². The fraction of sp³-hybridized carbons (Fsp3) is 0.375. The van der Waals surface area contributed by atoms with E-state index in [4.69, 9.17) is 5.73 Å². The lowest BCUT2D eigenvalue weighted by atomic mass is 10.2. The molecule has 0 fully saturated rings. The number of nitrogens with zero attached hydrogens (tertiary/aromatic N) is 4. The fourth-order valence-electron chi connectivity index (χ4n) is 1.23. The summed E-state index contributed by atoms with van der Waals surface area (Å²) in [5.41, 5.74) is 6.02. The topological polar surface area (TPSA) is 69.6 Å². The molecule has 2 N–H and O–H groups in total. The molecule has 5 nitrogen and oxygen atoms in total. The van der Waals surface area contributed by atoms with Crippen LogP contribution >= 0.6 is 27.3 Å². The van der Waals surface area contributed by atoms with Crippen molar-refractivity contribution in [3.05, 3.63) is 26.6 Å². The van der Waals surface area contributed by atoms with Gasteiger partial charge in [0.25, 0.3) is 0 Å². The van der Waals surface area contributed by atoms with Gasteiger partial charge in [-0.3, -0.25) is 0 Å². The monoisotopic (exact) mass is 287 g/mol. The maximum Gasteiger partial charge on any atom is 0.176 e. The highest BCUT2D eigenvalue weighted by molar-refractivity contribution is 9.10. The first-order chi connectivity index (χ1) is 7.15.